The minimum Gasteiger partial charge on any atom is -0.481 e. The summed E-state index contributed by atoms with van der Waals surface area (Å²) < 4.78 is 24.8. The van der Waals surface area contributed by atoms with E-state index in [1.165, 1.54) is 0 Å². The van der Waals surface area contributed by atoms with Crippen LogP contribution in [-0.4, -0.2) is 50.9 Å². The predicted octanol–water partition coefficient (Wildman–Crippen LogP) is -0.910. The summed E-state index contributed by atoms with van der Waals surface area (Å²) >= 11 is 0. The molecule has 1 fully saturated rings. The van der Waals surface area contributed by atoms with E-state index < -0.39 is 27.4 Å². The van der Waals surface area contributed by atoms with Crippen molar-refractivity contribution < 1.29 is 23.1 Å². The van der Waals surface area contributed by atoms with Gasteiger partial charge < -0.3 is 15.7 Å². The number of carboxylic acids is 1. The quantitative estimate of drug-likeness (QED) is 0.461. The van der Waals surface area contributed by atoms with Crippen LogP contribution in [0.25, 0.3) is 0 Å². The number of aliphatic carboxylic acids is 1. The first-order chi connectivity index (χ1) is 8.81. The fourth-order valence-electron chi connectivity index (χ4n) is 1.52. The van der Waals surface area contributed by atoms with Crippen molar-refractivity contribution in [3.8, 4) is 0 Å². The highest BCUT2D eigenvalue weighted by atomic mass is 32.2. The zero-order valence-corrected chi connectivity index (χ0v) is 11.5. The Morgan fingerprint density at radius 2 is 1.89 bits per heavy atom. The van der Waals surface area contributed by atoms with Gasteiger partial charge in [-0.05, 0) is 12.8 Å². The zero-order chi connectivity index (χ0) is 14.5. The average molecular weight is 293 g/mol. The van der Waals surface area contributed by atoms with Crippen LogP contribution in [0, 0.1) is 5.41 Å². The maximum Gasteiger partial charge on any atom is 0.314 e. The van der Waals surface area contributed by atoms with Gasteiger partial charge in [0.1, 0.15) is 0 Å². The van der Waals surface area contributed by atoms with Gasteiger partial charge in [-0.1, -0.05) is 6.92 Å². The molecule has 0 aromatic carbocycles. The van der Waals surface area contributed by atoms with Crippen LogP contribution in [0.2, 0.25) is 0 Å². The van der Waals surface area contributed by atoms with Crippen LogP contribution < -0.4 is 15.4 Å². The second kappa shape index (κ2) is 6.20. The van der Waals surface area contributed by atoms with Gasteiger partial charge in [-0.3, -0.25) is 4.79 Å². The smallest absolute Gasteiger partial charge is 0.314 e. The van der Waals surface area contributed by atoms with Gasteiger partial charge >= 0.3 is 12.0 Å². The summed E-state index contributed by atoms with van der Waals surface area (Å²) in [6.07, 6.45) is 1.11. The highest BCUT2D eigenvalue weighted by Crippen LogP contribution is 2.45. The fourth-order valence-corrected chi connectivity index (χ4v) is 2.48. The monoisotopic (exact) mass is 293 g/mol. The Bertz CT molecular complexity index is 444. The molecular weight excluding hydrogens is 274 g/mol. The van der Waals surface area contributed by atoms with Crippen LogP contribution >= 0.6 is 0 Å². The molecule has 0 aromatic rings. The van der Waals surface area contributed by atoms with Crippen LogP contribution in [0.3, 0.4) is 0 Å². The molecule has 1 rings (SSSR count). The molecule has 0 heterocycles. The molecule has 1 aliphatic rings. The third-order valence-corrected chi connectivity index (χ3v) is 4.39. The maximum atomic E-state index is 11.4. The average Bonchev–Trinajstić information content (AvgIpc) is 3.07. The summed E-state index contributed by atoms with van der Waals surface area (Å²) in [6, 6.07) is -0.556. The lowest BCUT2D eigenvalue weighted by molar-refractivity contribution is -0.143. The maximum absolute atomic E-state index is 11.4. The van der Waals surface area contributed by atoms with E-state index in [1.807, 2.05) is 0 Å². The molecule has 8 nitrogen and oxygen atoms in total. The molecule has 0 aliphatic heterocycles. The Balaban J connectivity index is 2.21. The second-order valence-electron chi connectivity index (χ2n) is 4.51. The van der Waals surface area contributed by atoms with Gasteiger partial charge in [0.2, 0.25) is 10.0 Å². The van der Waals surface area contributed by atoms with E-state index in [1.54, 1.807) is 6.92 Å². The molecule has 1 saturated carbocycles. The molecule has 19 heavy (non-hydrogen) atoms. The van der Waals surface area contributed by atoms with Crippen LogP contribution in [0.4, 0.5) is 4.79 Å². The molecule has 0 saturated heterocycles. The van der Waals surface area contributed by atoms with E-state index in [4.69, 9.17) is 5.11 Å². The Morgan fingerprint density at radius 3 is 2.37 bits per heavy atom. The van der Waals surface area contributed by atoms with Crippen LogP contribution in [0.15, 0.2) is 0 Å². The highest BCUT2D eigenvalue weighted by Gasteiger charge is 2.50. The number of amides is 2. The third kappa shape index (κ3) is 5.03. The lowest BCUT2D eigenvalue weighted by Crippen LogP contribution is -2.43. The first-order valence-electron chi connectivity index (χ1n) is 6.04. The van der Waals surface area contributed by atoms with Gasteiger partial charge in [0, 0.05) is 19.6 Å². The van der Waals surface area contributed by atoms with Crippen LogP contribution in [-0.2, 0) is 14.8 Å². The predicted molar refractivity (Wildman–Crippen MR) is 68.2 cm³/mol. The van der Waals surface area contributed by atoms with Gasteiger partial charge in [0.25, 0.3) is 0 Å². The number of hydrogen-bond acceptors (Lipinski definition) is 4. The minimum atomic E-state index is -3.36. The molecule has 0 aromatic heterocycles. The Kier molecular flexibility index (Phi) is 5.12. The number of carboxylic acid groups (broad SMARTS) is 1. The van der Waals surface area contributed by atoms with E-state index in [0.717, 1.165) is 0 Å². The number of hydrogen-bond donors (Lipinski definition) is 4. The number of urea groups is 1. The summed E-state index contributed by atoms with van der Waals surface area (Å²) in [5.41, 5.74) is -0.826. The van der Waals surface area contributed by atoms with Crippen molar-refractivity contribution in [2.45, 2.75) is 19.8 Å². The summed E-state index contributed by atoms with van der Waals surface area (Å²) in [5.74, 6) is -1.12. The van der Waals surface area contributed by atoms with E-state index in [0.29, 0.717) is 19.4 Å². The second-order valence-corrected chi connectivity index (χ2v) is 6.44. The Labute approximate surface area is 112 Å². The molecule has 0 unspecified atom stereocenters. The zero-order valence-electron chi connectivity index (χ0n) is 10.7. The van der Waals surface area contributed by atoms with Gasteiger partial charge in [-0.25, -0.2) is 17.9 Å². The molecule has 0 radical (unpaired) electrons. The van der Waals surface area contributed by atoms with E-state index in [9.17, 15) is 18.0 Å². The molecule has 0 bridgehead atoms. The molecule has 9 heteroatoms. The molecule has 0 atom stereocenters. The number of rotatable bonds is 8. The van der Waals surface area contributed by atoms with Crippen molar-refractivity contribution in [1.82, 2.24) is 15.4 Å². The SMILES string of the molecule is CCNS(=O)(=O)CCNC(=O)NCC1(C(=O)O)CC1. The summed E-state index contributed by atoms with van der Waals surface area (Å²) in [5, 5.41) is 13.7. The van der Waals surface area contributed by atoms with Gasteiger partial charge in [0.15, 0.2) is 0 Å². The third-order valence-electron chi connectivity index (χ3n) is 2.92. The number of carbonyl (C=O) groups is 2. The van der Waals surface area contributed by atoms with Gasteiger partial charge in [0.05, 0.1) is 11.2 Å². The van der Waals surface area contributed by atoms with Crippen molar-refractivity contribution in [2.24, 2.45) is 5.41 Å². The topological polar surface area (TPSA) is 125 Å². The standard InChI is InChI=1S/C10H19N3O5S/c1-2-13-19(17,18)6-5-11-9(16)12-7-10(3-4-10)8(14)15/h13H,2-7H2,1H3,(H,14,15)(H2,11,12,16). The molecular formula is C10H19N3O5S. The van der Waals surface area contributed by atoms with Crippen LogP contribution in [0.1, 0.15) is 19.8 Å². The molecule has 0 spiro atoms. The lowest BCUT2D eigenvalue weighted by Gasteiger charge is -2.12. The van der Waals surface area contributed by atoms with Gasteiger partial charge in [-0.2, -0.15) is 0 Å². The fraction of sp³-hybridized carbons (Fsp3) is 0.800. The van der Waals surface area contributed by atoms with Crippen molar-refractivity contribution in [2.75, 3.05) is 25.4 Å². The van der Waals surface area contributed by atoms with Crippen LogP contribution in [0.5, 0.6) is 0 Å². The summed E-state index contributed by atoms with van der Waals surface area (Å²) in [6.45, 7) is 2.00. The Morgan fingerprint density at radius 1 is 1.26 bits per heavy atom. The number of nitrogens with one attached hydrogen (secondary N) is 3. The minimum absolute atomic E-state index is 0.0265. The number of sulfonamides is 1. The van der Waals surface area contributed by atoms with Crippen molar-refractivity contribution >= 4 is 22.0 Å². The normalized spacial score (nSPS) is 16.7. The van der Waals surface area contributed by atoms with Crippen molar-refractivity contribution in [3.63, 3.8) is 0 Å². The van der Waals surface area contributed by atoms with E-state index >= 15 is 0 Å². The van der Waals surface area contributed by atoms with Crippen molar-refractivity contribution in [3.05, 3.63) is 0 Å². The first-order valence-corrected chi connectivity index (χ1v) is 7.69. The molecule has 110 valence electrons. The molecule has 1 aliphatic carbocycles. The Hall–Kier alpha value is -1.35. The van der Waals surface area contributed by atoms with Crippen molar-refractivity contribution in [1.29, 1.82) is 0 Å². The first kappa shape index (κ1) is 15.7. The molecule has 2 amide bonds. The lowest BCUT2D eigenvalue weighted by atomic mass is 10.1. The number of carbonyl (C=O) groups excluding carboxylic acids is 1. The van der Waals surface area contributed by atoms with E-state index in [-0.39, 0.29) is 18.8 Å². The molecule has 4 N–H and O–H groups in total. The summed E-state index contributed by atoms with van der Waals surface area (Å²) in [4.78, 5) is 22.2. The largest absolute Gasteiger partial charge is 0.481 e. The van der Waals surface area contributed by atoms with Gasteiger partial charge in [-0.15, -0.1) is 0 Å². The summed E-state index contributed by atoms with van der Waals surface area (Å²) in [7, 11) is -3.36. The highest BCUT2D eigenvalue weighted by molar-refractivity contribution is 7.89. The van der Waals surface area contributed by atoms with E-state index in [2.05, 4.69) is 15.4 Å².